The molecule has 3 nitrogen and oxygen atoms in total. The summed E-state index contributed by atoms with van der Waals surface area (Å²) in [4.78, 5) is 10.1. The zero-order chi connectivity index (χ0) is 7.49. The number of rotatable bonds is 2. The van der Waals surface area contributed by atoms with Gasteiger partial charge in [0.25, 0.3) is 0 Å². The minimum Gasteiger partial charge on any atom is -0.367 e. The molecular formula is C5H12NO2Si+. The molecule has 0 amide bonds. The largest absolute Gasteiger partial charge is 0.516 e. The number of carbonyl (C=O) groups excluding carboxylic acids is 1. The second-order valence-electron chi connectivity index (χ2n) is 2.30. The Morgan fingerprint density at radius 1 is 1.56 bits per heavy atom. The summed E-state index contributed by atoms with van der Waals surface area (Å²) in [7, 11) is 1.42. The van der Waals surface area contributed by atoms with Gasteiger partial charge in [-0.3, -0.25) is 0 Å². The van der Waals surface area contributed by atoms with E-state index in [4.69, 9.17) is 4.43 Å². The summed E-state index contributed by atoms with van der Waals surface area (Å²) in [6.45, 7) is 3.86. The van der Waals surface area contributed by atoms with Gasteiger partial charge in [0.2, 0.25) is 0 Å². The average molecular weight is 146 g/mol. The van der Waals surface area contributed by atoms with Crippen molar-refractivity contribution in [3.63, 3.8) is 0 Å². The van der Waals surface area contributed by atoms with Gasteiger partial charge in [0, 0.05) is 20.2 Å². The molecule has 0 aliphatic rings. The maximum atomic E-state index is 10.1. The number of isocyanates is 1. The van der Waals surface area contributed by atoms with Crippen LogP contribution in [0, 0.1) is 0 Å². The summed E-state index contributed by atoms with van der Waals surface area (Å²) in [6.07, 6.45) is 1.78. The SMILES string of the molecule is CO[Si](C)(C)[N+](C)=C=O. The highest BCUT2D eigenvalue weighted by molar-refractivity contribution is 6.63. The molecule has 0 bridgehead atoms. The zero-order valence-electron chi connectivity index (χ0n) is 6.26. The van der Waals surface area contributed by atoms with Gasteiger partial charge in [-0.25, -0.2) is 4.24 Å². The van der Waals surface area contributed by atoms with Gasteiger partial charge in [-0.1, -0.05) is 0 Å². The van der Waals surface area contributed by atoms with Crippen LogP contribution in [0.15, 0.2) is 0 Å². The van der Waals surface area contributed by atoms with Gasteiger partial charge in [0.1, 0.15) is 7.05 Å². The Kier molecular flexibility index (Phi) is 2.77. The van der Waals surface area contributed by atoms with Crippen LogP contribution in [-0.2, 0) is 9.22 Å². The first kappa shape index (κ1) is 8.56. The van der Waals surface area contributed by atoms with Gasteiger partial charge in [0.15, 0.2) is 0 Å². The van der Waals surface area contributed by atoms with Crippen LogP contribution >= 0.6 is 0 Å². The average Bonchev–Trinajstić information content (AvgIpc) is 1.86. The number of nitrogens with zero attached hydrogens (tertiary/aromatic N) is 1. The van der Waals surface area contributed by atoms with Crippen LogP contribution in [0.3, 0.4) is 0 Å². The van der Waals surface area contributed by atoms with Crippen LogP contribution in [0.2, 0.25) is 13.1 Å². The fourth-order valence-electron chi connectivity index (χ4n) is 0.247. The quantitative estimate of drug-likeness (QED) is 0.319. The molecule has 0 aromatic rings. The number of hydrogen-bond acceptors (Lipinski definition) is 2. The van der Waals surface area contributed by atoms with Crippen LogP contribution in [0.25, 0.3) is 0 Å². The lowest BCUT2D eigenvalue weighted by Crippen LogP contribution is -2.41. The summed E-state index contributed by atoms with van der Waals surface area (Å²) >= 11 is 0. The zero-order valence-corrected chi connectivity index (χ0v) is 7.26. The first-order valence-electron chi connectivity index (χ1n) is 2.71. The van der Waals surface area contributed by atoms with Crippen molar-refractivity contribution < 1.29 is 13.5 Å². The lowest BCUT2D eigenvalue weighted by atomic mass is 11.4. The highest BCUT2D eigenvalue weighted by Crippen LogP contribution is 1.99. The van der Waals surface area contributed by atoms with E-state index in [1.807, 2.05) is 13.1 Å². The predicted octanol–water partition coefficient (Wildman–Crippen LogP) is 0.313. The third-order valence-corrected chi connectivity index (χ3v) is 4.15. The van der Waals surface area contributed by atoms with E-state index >= 15 is 0 Å². The molecule has 0 N–H and O–H groups in total. The molecule has 0 aromatic heterocycles. The monoisotopic (exact) mass is 146 g/mol. The van der Waals surface area contributed by atoms with Crippen LogP contribution < -0.4 is 0 Å². The molecule has 0 atom stereocenters. The van der Waals surface area contributed by atoms with Gasteiger partial charge < -0.3 is 4.43 Å². The number of hydrogen-bond donors (Lipinski definition) is 0. The molecule has 0 aliphatic carbocycles. The second kappa shape index (κ2) is 2.92. The fraction of sp³-hybridized carbons (Fsp3) is 0.800. The summed E-state index contributed by atoms with van der Waals surface area (Å²) in [5, 5.41) is 0. The third-order valence-electron chi connectivity index (χ3n) is 1.44. The van der Waals surface area contributed by atoms with Crippen molar-refractivity contribution >= 4 is 14.6 Å². The third kappa shape index (κ3) is 2.09. The molecule has 0 rings (SSSR count). The van der Waals surface area contributed by atoms with Crippen molar-refractivity contribution in [2.24, 2.45) is 0 Å². The molecule has 0 saturated carbocycles. The van der Waals surface area contributed by atoms with E-state index in [0.717, 1.165) is 0 Å². The van der Waals surface area contributed by atoms with Crippen molar-refractivity contribution in [2.45, 2.75) is 13.1 Å². The van der Waals surface area contributed by atoms with Crippen LogP contribution in [0.1, 0.15) is 0 Å². The molecule has 52 valence electrons. The fourth-order valence-corrected chi connectivity index (χ4v) is 0.741. The minimum absolute atomic E-state index is 1.48. The molecule has 0 radical (unpaired) electrons. The van der Waals surface area contributed by atoms with Crippen molar-refractivity contribution in [1.82, 2.24) is 0 Å². The van der Waals surface area contributed by atoms with Crippen LogP contribution in [-0.4, -0.2) is 33.0 Å². The van der Waals surface area contributed by atoms with E-state index < -0.39 is 8.48 Å². The van der Waals surface area contributed by atoms with Crippen LogP contribution in [0.5, 0.6) is 0 Å². The highest BCUT2D eigenvalue weighted by Gasteiger charge is 2.36. The van der Waals surface area contributed by atoms with E-state index in [9.17, 15) is 4.79 Å². The summed E-state index contributed by atoms with van der Waals surface area (Å²) in [5.41, 5.74) is 0. The summed E-state index contributed by atoms with van der Waals surface area (Å²) in [6, 6.07) is 0. The standard InChI is InChI=1S/C5H12NO2Si/c1-6(5-7)9(3,4)8-2/h1-4H3/q+1. The summed E-state index contributed by atoms with van der Waals surface area (Å²) in [5.74, 6) is 0. The van der Waals surface area contributed by atoms with E-state index in [1.165, 1.54) is 4.24 Å². The maximum absolute atomic E-state index is 10.1. The van der Waals surface area contributed by atoms with Gasteiger partial charge in [0.05, 0.1) is 0 Å². The first-order chi connectivity index (χ1) is 4.04. The molecule has 9 heavy (non-hydrogen) atoms. The van der Waals surface area contributed by atoms with E-state index in [2.05, 4.69) is 0 Å². The lowest BCUT2D eigenvalue weighted by Gasteiger charge is -2.08. The van der Waals surface area contributed by atoms with E-state index in [0.29, 0.717) is 0 Å². The second-order valence-corrected chi connectivity index (χ2v) is 6.27. The molecule has 0 aliphatic heterocycles. The molecule has 0 spiro atoms. The maximum Gasteiger partial charge on any atom is 0.516 e. The molecule has 0 fully saturated rings. The van der Waals surface area contributed by atoms with Gasteiger partial charge >= 0.3 is 14.6 Å². The lowest BCUT2D eigenvalue weighted by molar-refractivity contribution is -0.377. The topological polar surface area (TPSA) is 29.3 Å². The Bertz CT molecular complexity index is 149. The van der Waals surface area contributed by atoms with Gasteiger partial charge in [-0.2, -0.15) is 4.79 Å². The predicted molar refractivity (Wildman–Crippen MR) is 36.4 cm³/mol. The smallest absolute Gasteiger partial charge is 0.367 e. The molecule has 0 unspecified atom stereocenters. The minimum atomic E-state index is -1.87. The van der Waals surface area contributed by atoms with Crippen molar-refractivity contribution in [2.75, 3.05) is 14.2 Å². The Balaban J connectivity index is 4.33. The Morgan fingerprint density at radius 3 is 2.11 bits per heavy atom. The molecular weight excluding hydrogens is 134 g/mol. The Morgan fingerprint density at radius 2 is 2.00 bits per heavy atom. The molecule has 0 heterocycles. The Labute approximate surface area is 56.2 Å². The summed E-state index contributed by atoms with van der Waals surface area (Å²) < 4.78 is 6.57. The Hall–Kier alpha value is -0.443. The van der Waals surface area contributed by atoms with Gasteiger partial charge in [-0.15, -0.1) is 0 Å². The van der Waals surface area contributed by atoms with Crippen molar-refractivity contribution in [3.8, 4) is 0 Å². The molecule has 0 saturated heterocycles. The van der Waals surface area contributed by atoms with Gasteiger partial charge in [-0.05, 0) is 0 Å². The van der Waals surface area contributed by atoms with E-state index in [-0.39, 0.29) is 0 Å². The molecule has 0 aromatic carbocycles. The highest BCUT2D eigenvalue weighted by atomic mass is 28.4. The van der Waals surface area contributed by atoms with E-state index in [1.54, 1.807) is 20.2 Å². The van der Waals surface area contributed by atoms with Crippen molar-refractivity contribution in [3.05, 3.63) is 0 Å². The van der Waals surface area contributed by atoms with Crippen molar-refractivity contribution in [1.29, 1.82) is 0 Å². The van der Waals surface area contributed by atoms with Crippen LogP contribution in [0.4, 0.5) is 0 Å². The first-order valence-corrected chi connectivity index (χ1v) is 5.57. The normalized spacial score (nSPS) is 10.7. The molecule has 4 heteroatoms.